The number of fused-ring (bicyclic) bond motifs is 1. The van der Waals surface area contributed by atoms with E-state index in [1.54, 1.807) is 24.3 Å². The third kappa shape index (κ3) is 4.37. The molecule has 0 fully saturated rings. The predicted molar refractivity (Wildman–Crippen MR) is 128 cm³/mol. The minimum atomic E-state index is -0.295. The standard InChI is InChI=1S/C28H33NO3/c1-18-13-23-24(28(4,5)12-11-27(23,2)3)16-20(18)15-22-9-10-25(32-22)26(31)29-21-8-6-7-19(14-21)17-30/h6-10,13-14,16,30H,11-12,15,17H2,1-5H3,(H,29,31). The Morgan fingerprint density at radius 2 is 1.69 bits per heavy atom. The lowest BCUT2D eigenvalue weighted by atomic mass is 9.62. The number of carbonyl (C=O) groups is 1. The fourth-order valence-electron chi connectivity index (χ4n) is 4.68. The molecule has 4 nitrogen and oxygen atoms in total. The monoisotopic (exact) mass is 431 g/mol. The molecule has 0 saturated heterocycles. The van der Waals surface area contributed by atoms with E-state index in [0.717, 1.165) is 11.3 Å². The smallest absolute Gasteiger partial charge is 0.291 e. The summed E-state index contributed by atoms with van der Waals surface area (Å²) < 4.78 is 5.91. The lowest BCUT2D eigenvalue weighted by Gasteiger charge is -2.42. The zero-order chi connectivity index (χ0) is 23.1. The first-order valence-electron chi connectivity index (χ1n) is 11.3. The van der Waals surface area contributed by atoms with Crippen LogP contribution in [0.4, 0.5) is 5.69 Å². The number of carbonyl (C=O) groups excluding carboxylic acids is 1. The van der Waals surface area contributed by atoms with Gasteiger partial charge in [-0.15, -0.1) is 0 Å². The Hall–Kier alpha value is -2.85. The number of nitrogens with one attached hydrogen (secondary N) is 1. The lowest BCUT2D eigenvalue weighted by molar-refractivity contribution is 0.0995. The van der Waals surface area contributed by atoms with E-state index in [0.29, 0.717) is 12.1 Å². The van der Waals surface area contributed by atoms with E-state index in [-0.39, 0.29) is 29.1 Å². The maximum absolute atomic E-state index is 12.6. The molecule has 1 aliphatic carbocycles. The van der Waals surface area contributed by atoms with Gasteiger partial charge < -0.3 is 14.8 Å². The molecule has 0 bridgehead atoms. The van der Waals surface area contributed by atoms with Crippen molar-refractivity contribution in [2.24, 2.45) is 0 Å². The van der Waals surface area contributed by atoms with Crippen molar-refractivity contribution in [2.45, 2.75) is 71.3 Å². The average Bonchev–Trinajstić information content (AvgIpc) is 3.21. The van der Waals surface area contributed by atoms with E-state index in [1.165, 1.54) is 35.1 Å². The van der Waals surface area contributed by atoms with Gasteiger partial charge >= 0.3 is 0 Å². The topological polar surface area (TPSA) is 62.5 Å². The van der Waals surface area contributed by atoms with Gasteiger partial charge in [-0.25, -0.2) is 0 Å². The fourth-order valence-corrected chi connectivity index (χ4v) is 4.68. The van der Waals surface area contributed by atoms with Crippen molar-refractivity contribution in [3.8, 4) is 0 Å². The van der Waals surface area contributed by atoms with Gasteiger partial charge in [-0.1, -0.05) is 52.0 Å². The van der Waals surface area contributed by atoms with Crippen LogP contribution in [-0.2, 0) is 23.9 Å². The van der Waals surface area contributed by atoms with E-state index in [9.17, 15) is 9.90 Å². The Kier molecular flexibility index (Phi) is 5.76. The molecule has 2 N–H and O–H groups in total. The molecule has 3 aromatic rings. The molecule has 1 amide bonds. The number of hydrogen-bond donors (Lipinski definition) is 2. The third-order valence-corrected chi connectivity index (χ3v) is 6.93. The number of aryl methyl sites for hydroxylation is 1. The van der Waals surface area contributed by atoms with Gasteiger partial charge in [0.25, 0.3) is 5.91 Å². The van der Waals surface area contributed by atoms with Crippen molar-refractivity contribution >= 4 is 11.6 Å². The van der Waals surface area contributed by atoms with Crippen LogP contribution in [0.25, 0.3) is 0 Å². The highest BCUT2D eigenvalue weighted by molar-refractivity contribution is 6.02. The summed E-state index contributed by atoms with van der Waals surface area (Å²) in [6, 6.07) is 15.5. The van der Waals surface area contributed by atoms with E-state index < -0.39 is 0 Å². The molecule has 0 aliphatic heterocycles. The lowest BCUT2D eigenvalue weighted by Crippen LogP contribution is -2.34. The largest absolute Gasteiger partial charge is 0.456 e. The summed E-state index contributed by atoms with van der Waals surface area (Å²) in [5.41, 5.74) is 7.13. The van der Waals surface area contributed by atoms with E-state index in [4.69, 9.17) is 4.42 Å². The maximum atomic E-state index is 12.6. The number of furan rings is 1. The number of amides is 1. The van der Waals surface area contributed by atoms with Crippen molar-refractivity contribution < 1.29 is 14.3 Å². The highest BCUT2D eigenvalue weighted by Gasteiger charge is 2.37. The van der Waals surface area contributed by atoms with Crippen LogP contribution in [0.3, 0.4) is 0 Å². The number of anilines is 1. The van der Waals surface area contributed by atoms with E-state index in [1.807, 2.05) is 12.1 Å². The molecule has 0 radical (unpaired) electrons. The van der Waals surface area contributed by atoms with Crippen LogP contribution in [0.5, 0.6) is 0 Å². The van der Waals surface area contributed by atoms with Crippen molar-refractivity contribution in [1.82, 2.24) is 0 Å². The molecular formula is C28H33NO3. The Balaban J connectivity index is 1.55. The molecule has 2 aromatic carbocycles. The molecule has 1 heterocycles. The molecule has 0 unspecified atom stereocenters. The number of aliphatic hydroxyl groups is 1. The Bertz CT molecular complexity index is 1150. The van der Waals surface area contributed by atoms with Crippen LogP contribution in [0.15, 0.2) is 52.9 Å². The summed E-state index contributed by atoms with van der Waals surface area (Å²) in [5, 5.41) is 12.1. The third-order valence-electron chi connectivity index (χ3n) is 6.93. The van der Waals surface area contributed by atoms with Gasteiger partial charge in [-0.2, -0.15) is 0 Å². The summed E-state index contributed by atoms with van der Waals surface area (Å²) in [5.74, 6) is 0.762. The number of aliphatic hydroxyl groups excluding tert-OH is 1. The molecule has 1 aliphatic rings. The summed E-state index contributed by atoms with van der Waals surface area (Å²) in [7, 11) is 0. The minimum Gasteiger partial charge on any atom is -0.456 e. The minimum absolute atomic E-state index is 0.0667. The van der Waals surface area contributed by atoms with Crippen LogP contribution >= 0.6 is 0 Å². The highest BCUT2D eigenvalue weighted by atomic mass is 16.3. The summed E-state index contributed by atoms with van der Waals surface area (Å²) in [6.07, 6.45) is 3.03. The van der Waals surface area contributed by atoms with Gasteiger partial charge in [0.2, 0.25) is 0 Å². The zero-order valence-electron chi connectivity index (χ0n) is 19.7. The van der Waals surface area contributed by atoms with Crippen molar-refractivity contribution in [1.29, 1.82) is 0 Å². The van der Waals surface area contributed by atoms with Crippen LogP contribution < -0.4 is 5.32 Å². The molecule has 168 valence electrons. The van der Waals surface area contributed by atoms with E-state index >= 15 is 0 Å². The molecular weight excluding hydrogens is 398 g/mol. The summed E-state index contributed by atoms with van der Waals surface area (Å²) >= 11 is 0. The van der Waals surface area contributed by atoms with Gasteiger partial charge in [0.05, 0.1) is 6.61 Å². The molecule has 4 rings (SSSR count). The second kappa shape index (κ2) is 8.25. The first-order valence-corrected chi connectivity index (χ1v) is 11.3. The van der Waals surface area contributed by atoms with Gasteiger partial charge in [0, 0.05) is 12.1 Å². The number of benzene rings is 2. The quantitative estimate of drug-likeness (QED) is 0.500. The number of hydrogen-bond acceptors (Lipinski definition) is 3. The van der Waals surface area contributed by atoms with E-state index in [2.05, 4.69) is 52.1 Å². The Morgan fingerprint density at radius 3 is 2.38 bits per heavy atom. The van der Waals surface area contributed by atoms with Gasteiger partial charge in [0.15, 0.2) is 5.76 Å². The SMILES string of the molecule is Cc1cc2c(cc1Cc1ccc(C(=O)Nc3cccc(CO)c3)o1)C(C)(C)CCC2(C)C. The molecule has 0 spiro atoms. The molecule has 1 aromatic heterocycles. The van der Waals surface area contributed by atoms with Crippen LogP contribution in [0.2, 0.25) is 0 Å². The van der Waals surface area contributed by atoms with Gasteiger partial charge in [-0.05, 0) is 82.7 Å². The van der Waals surface area contributed by atoms with Gasteiger partial charge in [-0.3, -0.25) is 4.79 Å². The van der Waals surface area contributed by atoms with Crippen LogP contribution in [-0.4, -0.2) is 11.0 Å². The predicted octanol–water partition coefficient (Wildman–Crippen LogP) is 6.27. The van der Waals surface area contributed by atoms with Crippen molar-refractivity contribution in [3.05, 3.63) is 87.9 Å². The van der Waals surface area contributed by atoms with Crippen molar-refractivity contribution in [2.75, 3.05) is 5.32 Å². The summed E-state index contributed by atoms with van der Waals surface area (Å²) in [6.45, 7) is 11.4. The summed E-state index contributed by atoms with van der Waals surface area (Å²) in [4.78, 5) is 12.6. The molecule has 4 heteroatoms. The second-order valence-electron chi connectivity index (χ2n) is 10.3. The Labute approximate surface area is 190 Å². The normalized spacial score (nSPS) is 16.4. The second-order valence-corrected chi connectivity index (χ2v) is 10.3. The van der Waals surface area contributed by atoms with Gasteiger partial charge in [0.1, 0.15) is 5.76 Å². The fraction of sp³-hybridized carbons (Fsp3) is 0.393. The van der Waals surface area contributed by atoms with Crippen LogP contribution in [0, 0.1) is 6.92 Å². The zero-order valence-corrected chi connectivity index (χ0v) is 19.7. The average molecular weight is 432 g/mol. The molecule has 32 heavy (non-hydrogen) atoms. The number of rotatable bonds is 5. The first-order chi connectivity index (χ1) is 15.1. The Morgan fingerprint density at radius 1 is 1.00 bits per heavy atom. The van der Waals surface area contributed by atoms with Crippen LogP contribution in [0.1, 0.15) is 84.7 Å². The first kappa shape index (κ1) is 22.3. The molecule has 0 atom stereocenters. The van der Waals surface area contributed by atoms with Crippen molar-refractivity contribution in [3.63, 3.8) is 0 Å². The maximum Gasteiger partial charge on any atom is 0.291 e. The molecule has 0 saturated carbocycles. The highest BCUT2D eigenvalue weighted by Crippen LogP contribution is 2.46.